The van der Waals surface area contributed by atoms with Gasteiger partial charge in [-0.3, -0.25) is 0 Å². The van der Waals surface area contributed by atoms with E-state index in [-0.39, 0.29) is 0 Å². The molecule has 3 heteroatoms. The van der Waals surface area contributed by atoms with Crippen LogP contribution in [0.2, 0.25) is 0 Å². The van der Waals surface area contributed by atoms with Crippen molar-refractivity contribution in [3.8, 4) is 27.9 Å². The third-order valence-corrected chi connectivity index (χ3v) is 13.0. The molecule has 0 spiro atoms. The molecule has 13 aromatic rings. The Labute approximate surface area is 363 Å². The molecule has 0 N–H and O–H groups in total. The average Bonchev–Trinajstić information content (AvgIpc) is 3.91. The van der Waals surface area contributed by atoms with Crippen LogP contribution >= 0.6 is 0 Å². The minimum Gasteiger partial charge on any atom is -0.455 e. The summed E-state index contributed by atoms with van der Waals surface area (Å²) < 4.78 is 8.88. The first kappa shape index (κ1) is 35.4. The summed E-state index contributed by atoms with van der Waals surface area (Å²) in [5, 5.41) is 12.2. The maximum atomic E-state index is 6.45. The third kappa shape index (κ3) is 5.67. The molecule has 0 fully saturated rings. The van der Waals surface area contributed by atoms with E-state index in [4.69, 9.17) is 4.42 Å². The topological polar surface area (TPSA) is 21.3 Å². The van der Waals surface area contributed by atoms with Crippen LogP contribution in [0.1, 0.15) is 0 Å². The lowest BCUT2D eigenvalue weighted by Gasteiger charge is -2.26. The van der Waals surface area contributed by atoms with Gasteiger partial charge in [-0.25, -0.2) is 0 Å². The highest BCUT2D eigenvalue weighted by Gasteiger charge is 2.19. The van der Waals surface area contributed by atoms with Crippen LogP contribution in [0.25, 0.3) is 104 Å². The van der Waals surface area contributed by atoms with Crippen LogP contribution in [0.4, 0.5) is 17.1 Å². The summed E-state index contributed by atoms with van der Waals surface area (Å²) in [5.41, 5.74) is 13.2. The lowest BCUT2D eigenvalue weighted by Crippen LogP contribution is -2.09. The number of hydrogen-bond donors (Lipinski definition) is 0. The van der Waals surface area contributed by atoms with Gasteiger partial charge in [0.15, 0.2) is 0 Å². The monoisotopic (exact) mass is 802 g/mol. The van der Waals surface area contributed by atoms with Gasteiger partial charge in [0.05, 0.1) is 11.0 Å². The van der Waals surface area contributed by atoms with Gasteiger partial charge in [-0.15, -0.1) is 0 Å². The van der Waals surface area contributed by atoms with Crippen molar-refractivity contribution in [1.82, 2.24) is 4.57 Å². The quantitative estimate of drug-likeness (QED) is 0.156. The number of nitrogens with zero attached hydrogens (tertiary/aromatic N) is 2. The normalized spacial score (nSPS) is 11.8. The Balaban J connectivity index is 0.935. The number of aromatic nitrogens is 1. The molecule has 2 heterocycles. The van der Waals surface area contributed by atoms with E-state index in [2.05, 4.69) is 228 Å². The molecule has 0 saturated carbocycles. The number of furan rings is 1. The molecule has 0 aliphatic rings. The number of fused-ring (bicyclic) bond motifs is 11. The highest BCUT2D eigenvalue weighted by atomic mass is 16.3. The van der Waals surface area contributed by atoms with Gasteiger partial charge in [-0.2, -0.15) is 0 Å². The summed E-state index contributed by atoms with van der Waals surface area (Å²) in [6.07, 6.45) is 0. The maximum Gasteiger partial charge on any atom is 0.143 e. The second-order valence-corrected chi connectivity index (χ2v) is 16.5. The van der Waals surface area contributed by atoms with Crippen molar-refractivity contribution in [2.24, 2.45) is 0 Å². The second kappa shape index (κ2) is 14.1. The first-order chi connectivity index (χ1) is 31.2. The van der Waals surface area contributed by atoms with Gasteiger partial charge >= 0.3 is 0 Å². The Morgan fingerprint density at radius 2 is 0.905 bits per heavy atom. The lowest BCUT2D eigenvalue weighted by atomic mass is 10.00. The van der Waals surface area contributed by atoms with Crippen LogP contribution in [0.15, 0.2) is 235 Å². The zero-order valence-corrected chi connectivity index (χ0v) is 34.2. The van der Waals surface area contributed by atoms with Crippen molar-refractivity contribution >= 4 is 93.1 Å². The Hall–Kier alpha value is -8.40. The van der Waals surface area contributed by atoms with Crippen LogP contribution in [0.5, 0.6) is 0 Å². The van der Waals surface area contributed by atoms with E-state index in [0.717, 1.165) is 61.4 Å². The Bertz CT molecular complexity index is 3900. The predicted octanol–water partition coefficient (Wildman–Crippen LogP) is 16.9. The summed E-state index contributed by atoms with van der Waals surface area (Å²) in [4.78, 5) is 2.37. The van der Waals surface area contributed by atoms with E-state index in [9.17, 15) is 0 Å². The van der Waals surface area contributed by atoms with Gasteiger partial charge in [0, 0.05) is 55.2 Å². The smallest absolute Gasteiger partial charge is 0.143 e. The lowest BCUT2D eigenvalue weighted by molar-refractivity contribution is 0.670. The van der Waals surface area contributed by atoms with Gasteiger partial charge in [-0.1, -0.05) is 170 Å². The standard InChI is InChI=1S/C60H38N2O/c1-2-13-45(14-3-1)62-57-38-43(28-34-53(57)55-35-27-41-12-5-7-16-51(41)59(55)62)39-23-29-46(30-24-39)61(48-33-36-50-44(37-48)22-21-40-11-4-6-15-49(40)50)47-31-25-42(26-32-47)52-18-10-19-56-54-17-8-9-20-58(54)63-60(52)56/h1-38H. The SMILES string of the molecule is c1ccc(-n2c3cc(-c4ccc(N(c5ccc(-c6cccc7c6oc6ccccc67)cc5)c5ccc6c(ccc7ccccc76)c5)cc4)ccc3c3ccc4ccccc4c32)cc1. The number of benzene rings is 11. The molecule has 0 unspecified atom stereocenters. The van der Waals surface area contributed by atoms with Crippen molar-refractivity contribution in [3.63, 3.8) is 0 Å². The number of para-hydroxylation sites is 3. The van der Waals surface area contributed by atoms with Crippen LogP contribution in [0.3, 0.4) is 0 Å². The van der Waals surface area contributed by atoms with Crippen molar-refractivity contribution < 1.29 is 4.42 Å². The fourth-order valence-electron chi connectivity index (χ4n) is 9.96. The average molecular weight is 803 g/mol. The van der Waals surface area contributed by atoms with E-state index < -0.39 is 0 Å². The van der Waals surface area contributed by atoms with E-state index in [0.29, 0.717) is 0 Å². The molecule has 0 saturated heterocycles. The van der Waals surface area contributed by atoms with Crippen molar-refractivity contribution in [2.45, 2.75) is 0 Å². The molecular weight excluding hydrogens is 765 g/mol. The molecule has 294 valence electrons. The Kier molecular flexibility index (Phi) is 7.91. The minimum absolute atomic E-state index is 0.905. The maximum absolute atomic E-state index is 6.45. The first-order valence-corrected chi connectivity index (χ1v) is 21.6. The predicted molar refractivity (Wildman–Crippen MR) is 266 cm³/mol. The van der Waals surface area contributed by atoms with Gasteiger partial charge in [-0.05, 0) is 104 Å². The van der Waals surface area contributed by atoms with Crippen molar-refractivity contribution in [3.05, 3.63) is 231 Å². The van der Waals surface area contributed by atoms with Gasteiger partial charge in [0.1, 0.15) is 11.2 Å². The van der Waals surface area contributed by atoms with E-state index in [1.807, 2.05) is 12.1 Å². The highest BCUT2D eigenvalue weighted by Crippen LogP contribution is 2.42. The fourth-order valence-corrected chi connectivity index (χ4v) is 9.96. The molecule has 13 rings (SSSR count). The van der Waals surface area contributed by atoms with E-state index in [1.165, 1.54) is 59.7 Å². The number of hydrogen-bond acceptors (Lipinski definition) is 2. The van der Waals surface area contributed by atoms with Crippen LogP contribution in [0, 0.1) is 0 Å². The third-order valence-electron chi connectivity index (χ3n) is 13.0. The summed E-state index contributed by atoms with van der Waals surface area (Å²) >= 11 is 0. The second-order valence-electron chi connectivity index (χ2n) is 16.5. The highest BCUT2D eigenvalue weighted by molar-refractivity contribution is 6.19. The minimum atomic E-state index is 0.905. The van der Waals surface area contributed by atoms with Gasteiger partial charge < -0.3 is 13.9 Å². The molecule has 2 aromatic heterocycles. The number of rotatable bonds is 6. The molecule has 3 nitrogen and oxygen atoms in total. The number of anilines is 3. The summed E-state index contributed by atoms with van der Waals surface area (Å²) in [6.45, 7) is 0. The molecule has 11 aromatic carbocycles. The molecule has 0 aliphatic carbocycles. The summed E-state index contributed by atoms with van der Waals surface area (Å²) in [5.74, 6) is 0. The van der Waals surface area contributed by atoms with Crippen molar-refractivity contribution in [2.75, 3.05) is 4.90 Å². The fraction of sp³-hybridized carbons (Fsp3) is 0. The first-order valence-electron chi connectivity index (χ1n) is 21.6. The summed E-state index contributed by atoms with van der Waals surface area (Å²) in [7, 11) is 0. The Morgan fingerprint density at radius 1 is 0.333 bits per heavy atom. The van der Waals surface area contributed by atoms with Crippen molar-refractivity contribution in [1.29, 1.82) is 0 Å². The molecule has 0 bridgehead atoms. The van der Waals surface area contributed by atoms with Crippen LogP contribution in [-0.2, 0) is 0 Å². The van der Waals surface area contributed by atoms with Gasteiger partial charge in [0.25, 0.3) is 0 Å². The van der Waals surface area contributed by atoms with E-state index >= 15 is 0 Å². The molecule has 63 heavy (non-hydrogen) atoms. The summed E-state index contributed by atoms with van der Waals surface area (Å²) in [6, 6.07) is 83.5. The van der Waals surface area contributed by atoms with Crippen LogP contribution in [-0.4, -0.2) is 4.57 Å². The van der Waals surface area contributed by atoms with Gasteiger partial charge in [0.2, 0.25) is 0 Å². The van der Waals surface area contributed by atoms with Crippen LogP contribution < -0.4 is 4.90 Å². The molecule has 0 aliphatic heterocycles. The Morgan fingerprint density at radius 3 is 1.71 bits per heavy atom. The zero-order chi connectivity index (χ0) is 41.4. The van der Waals surface area contributed by atoms with E-state index in [1.54, 1.807) is 0 Å². The molecule has 0 atom stereocenters. The molecule has 0 radical (unpaired) electrons. The largest absolute Gasteiger partial charge is 0.455 e. The molecule has 0 amide bonds. The zero-order valence-electron chi connectivity index (χ0n) is 34.2. The molecular formula is C60H38N2O.